The van der Waals surface area contributed by atoms with Crippen LogP contribution in [-0.4, -0.2) is 33.7 Å². The van der Waals surface area contributed by atoms with Crippen molar-refractivity contribution in [1.82, 2.24) is 20.4 Å². The smallest absolute Gasteiger partial charge is 0.318 e. The maximum atomic E-state index is 12.9. The lowest BCUT2D eigenvalue weighted by Gasteiger charge is -2.35. The number of rotatable bonds is 3. The molecule has 138 valence electrons. The van der Waals surface area contributed by atoms with Crippen LogP contribution < -0.4 is 5.32 Å². The lowest BCUT2D eigenvalue weighted by molar-refractivity contribution is 0.127. The number of amides is 2. The number of carbonyl (C=O) groups excluding carboxylic acids is 1. The Hall–Kier alpha value is -2.37. The van der Waals surface area contributed by atoms with Gasteiger partial charge >= 0.3 is 6.03 Å². The second-order valence-electron chi connectivity index (χ2n) is 7.31. The van der Waals surface area contributed by atoms with Crippen LogP contribution in [0, 0.1) is 0 Å². The summed E-state index contributed by atoms with van der Waals surface area (Å²) >= 11 is 0. The van der Waals surface area contributed by atoms with E-state index in [1.165, 1.54) is 19.3 Å². The van der Waals surface area contributed by atoms with Gasteiger partial charge in [-0.2, -0.15) is 4.98 Å². The van der Waals surface area contributed by atoms with E-state index >= 15 is 0 Å². The first kappa shape index (κ1) is 17.1. The molecular formula is C20H26N4O2. The van der Waals surface area contributed by atoms with E-state index in [1.807, 2.05) is 35.2 Å². The fourth-order valence-electron chi connectivity index (χ4n) is 4.01. The van der Waals surface area contributed by atoms with Crippen LogP contribution in [0.15, 0.2) is 34.9 Å². The number of hydrogen-bond acceptors (Lipinski definition) is 4. The summed E-state index contributed by atoms with van der Waals surface area (Å²) in [5.41, 5.74) is 0.927. The molecule has 1 atom stereocenters. The summed E-state index contributed by atoms with van der Waals surface area (Å²) in [7, 11) is 0. The molecule has 4 rings (SSSR count). The molecule has 2 aromatic rings. The monoisotopic (exact) mass is 354 g/mol. The minimum absolute atomic E-state index is 0.0149. The Morgan fingerprint density at radius 3 is 2.62 bits per heavy atom. The maximum absolute atomic E-state index is 12.9. The fourth-order valence-corrected chi connectivity index (χ4v) is 4.01. The highest BCUT2D eigenvalue weighted by Gasteiger charge is 2.33. The van der Waals surface area contributed by atoms with Gasteiger partial charge in [0.25, 0.3) is 0 Å². The molecule has 2 aliphatic rings. The van der Waals surface area contributed by atoms with Gasteiger partial charge < -0.3 is 14.7 Å². The zero-order valence-electron chi connectivity index (χ0n) is 15.1. The summed E-state index contributed by atoms with van der Waals surface area (Å²) in [6.07, 6.45) is 8.83. The predicted octanol–water partition coefficient (Wildman–Crippen LogP) is 4.31. The highest BCUT2D eigenvalue weighted by atomic mass is 16.5. The van der Waals surface area contributed by atoms with Crippen LogP contribution in [0.2, 0.25) is 0 Å². The van der Waals surface area contributed by atoms with Gasteiger partial charge in [-0.3, -0.25) is 0 Å². The highest BCUT2D eigenvalue weighted by Crippen LogP contribution is 2.31. The lowest BCUT2D eigenvalue weighted by atomic mass is 9.95. The number of piperidine rings is 1. The number of hydrogen-bond donors (Lipinski definition) is 1. The molecule has 1 saturated heterocycles. The molecular weight excluding hydrogens is 328 g/mol. The minimum atomic E-state index is -0.127. The van der Waals surface area contributed by atoms with E-state index in [1.54, 1.807) is 0 Å². The standard InChI is InChI=1S/C20H26N4O2/c25-20(21-16-11-5-2-6-12-16)24-14-8-7-13-17(24)19-22-18(23-26-19)15-9-3-1-4-10-15/h1,3-4,9-10,16-17H,2,5-8,11-14H2,(H,21,25). The largest absolute Gasteiger partial charge is 0.337 e. The van der Waals surface area contributed by atoms with Crippen molar-refractivity contribution in [3.05, 3.63) is 36.2 Å². The molecule has 1 aliphatic carbocycles. The van der Waals surface area contributed by atoms with Crippen molar-refractivity contribution in [3.8, 4) is 11.4 Å². The number of aromatic nitrogens is 2. The molecule has 0 radical (unpaired) electrons. The van der Waals surface area contributed by atoms with E-state index < -0.39 is 0 Å². The van der Waals surface area contributed by atoms with Crippen LogP contribution in [0.25, 0.3) is 11.4 Å². The molecule has 0 spiro atoms. The summed E-state index contributed by atoms with van der Waals surface area (Å²) in [4.78, 5) is 19.3. The van der Waals surface area contributed by atoms with E-state index in [2.05, 4.69) is 15.5 Å². The zero-order valence-corrected chi connectivity index (χ0v) is 15.1. The zero-order chi connectivity index (χ0) is 17.8. The van der Waals surface area contributed by atoms with E-state index in [4.69, 9.17) is 4.52 Å². The van der Waals surface area contributed by atoms with Crippen molar-refractivity contribution in [1.29, 1.82) is 0 Å². The van der Waals surface area contributed by atoms with Gasteiger partial charge in [-0.1, -0.05) is 54.8 Å². The molecule has 0 bridgehead atoms. The predicted molar refractivity (Wildman–Crippen MR) is 98.4 cm³/mol. The average molecular weight is 354 g/mol. The van der Waals surface area contributed by atoms with Crippen LogP contribution >= 0.6 is 0 Å². The maximum Gasteiger partial charge on any atom is 0.318 e. The number of likely N-dealkylation sites (tertiary alicyclic amines) is 1. The van der Waals surface area contributed by atoms with Gasteiger partial charge in [0.05, 0.1) is 0 Å². The number of carbonyl (C=O) groups is 1. The Kier molecular flexibility index (Phi) is 5.18. The molecule has 26 heavy (non-hydrogen) atoms. The summed E-state index contributed by atoms with van der Waals surface area (Å²) < 4.78 is 5.55. The normalized spacial score (nSPS) is 21.5. The van der Waals surface area contributed by atoms with Gasteiger partial charge in [0.15, 0.2) is 0 Å². The van der Waals surface area contributed by atoms with Crippen LogP contribution in [-0.2, 0) is 0 Å². The summed E-state index contributed by atoms with van der Waals surface area (Å²) in [5.74, 6) is 1.13. The second-order valence-corrected chi connectivity index (χ2v) is 7.31. The Labute approximate surface area is 154 Å². The number of nitrogens with one attached hydrogen (secondary N) is 1. The van der Waals surface area contributed by atoms with E-state index in [9.17, 15) is 4.79 Å². The van der Waals surface area contributed by atoms with Gasteiger partial charge in [0, 0.05) is 18.2 Å². The third kappa shape index (κ3) is 3.74. The van der Waals surface area contributed by atoms with Crippen LogP contribution in [0.1, 0.15) is 63.3 Å². The van der Waals surface area contributed by atoms with Crippen molar-refractivity contribution in [2.45, 2.75) is 63.5 Å². The van der Waals surface area contributed by atoms with Crippen molar-refractivity contribution in [2.75, 3.05) is 6.54 Å². The minimum Gasteiger partial charge on any atom is -0.337 e. The molecule has 1 unspecified atom stereocenters. The van der Waals surface area contributed by atoms with Crippen LogP contribution in [0.3, 0.4) is 0 Å². The third-order valence-corrected chi connectivity index (χ3v) is 5.46. The molecule has 2 amide bonds. The van der Waals surface area contributed by atoms with Crippen LogP contribution in [0.4, 0.5) is 4.79 Å². The van der Waals surface area contributed by atoms with Gasteiger partial charge in [-0.25, -0.2) is 4.79 Å². The molecule has 1 aliphatic heterocycles. The van der Waals surface area contributed by atoms with Crippen molar-refractivity contribution < 1.29 is 9.32 Å². The van der Waals surface area contributed by atoms with Crippen LogP contribution in [0.5, 0.6) is 0 Å². The van der Waals surface area contributed by atoms with Gasteiger partial charge in [-0.05, 0) is 32.1 Å². The first-order valence-electron chi connectivity index (χ1n) is 9.77. The molecule has 1 aromatic heterocycles. The molecule has 1 saturated carbocycles. The van der Waals surface area contributed by atoms with E-state index in [0.29, 0.717) is 17.8 Å². The molecule has 1 N–H and O–H groups in total. The van der Waals surface area contributed by atoms with Gasteiger partial charge in [0.1, 0.15) is 6.04 Å². The lowest BCUT2D eigenvalue weighted by Crippen LogP contribution is -2.48. The second kappa shape index (κ2) is 7.89. The Balaban J connectivity index is 1.48. The summed E-state index contributed by atoms with van der Waals surface area (Å²) in [5, 5.41) is 7.35. The number of nitrogens with zero attached hydrogens (tertiary/aromatic N) is 3. The number of urea groups is 1. The number of benzene rings is 1. The van der Waals surface area contributed by atoms with Gasteiger partial charge in [-0.15, -0.1) is 0 Å². The summed E-state index contributed by atoms with van der Waals surface area (Å²) in [6.45, 7) is 0.742. The Morgan fingerprint density at radius 1 is 1.04 bits per heavy atom. The Bertz CT molecular complexity index is 724. The average Bonchev–Trinajstić information content (AvgIpc) is 3.19. The van der Waals surface area contributed by atoms with Crippen molar-refractivity contribution >= 4 is 6.03 Å². The van der Waals surface area contributed by atoms with Crippen molar-refractivity contribution in [2.24, 2.45) is 0 Å². The van der Waals surface area contributed by atoms with Gasteiger partial charge in [0.2, 0.25) is 11.7 Å². The van der Waals surface area contributed by atoms with E-state index in [-0.39, 0.29) is 12.1 Å². The molecule has 2 heterocycles. The molecule has 2 fully saturated rings. The molecule has 6 heteroatoms. The van der Waals surface area contributed by atoms with E-state index in [0.717, 1.165) is 44.2 Å². The molecule has 1 aromatic carbocycles. The first-order chi connectivity index (χ1) is 12.8. The molecule has 6 nitrogen and oxygen atoms in total. The summed E-state index contributed by atoms with van der Waals surface area (Å²) in [6, 6.07) is 9.99. The SMILES string of the molecule is O=C(NC1CCCCC1)N1CCCCC1c1nc(-c2ccccc2)no1. The highest BCUT2D eigenvalue weighted by molar-refractivity contribution is 5.75. The fraction of sp³-hybridized carbons (Fsp3) is 0.550. The third-order valence-electron chi connectivity index (χ3n) is 5.46. The topological polar surface area (TPSA) is 71.3 Å². The van der Waals surface area contributed by atoms with Crippen molar-refractivity contribution in [3.63, 3.8) is 0 Å². The quantitative estimate of drug-likeness (QED) is 0.892. The Morgan fingerprint density at radius 2 is 1.81 bits per heavy atom. The first-order valence-corrected chi connectivity index (χ1v) is 9.77.